The fraction of sp³-hybridized carbons (Fsp3) is 0.714. The first-order valence-corrected chi connectivity index (χ1v) is 8.78. The third kappa shape index (κ3) is 4.29. The fourth-order valence-electron chi connectivity index (χ4n) is 2.66. The predicted octanol–water partition coefficient (Wildman–Crippen LogP) is 1.45. The summed E-state index contributed by atoms with van der Waals surface area (Å²) < 4.78 is 34.4. The molecular weight excluding hydrogens is 290 g/mol. The Hall–Kier alpha value is -0.890. The standard InChI is InChI=1S/C14H25N3O3S/c1-12-6-4-8-17(11-12)21(18,19)15-10-13(16(2)3)14-7-5-9-20-14/h5,7,9,12-13,15H,4,6,8,10-11H2,1-3H3/t12-,13-/m0/s1. The molecule has 0 saturated carbocycles. The molecule has 0 bridgehead atoms. The van der Waals surface area contributed by atoms with Crippen LogP contribution >= 0.6 is 0 Å². The zero-order valence-electron chi connectivity index (χ0n) is 12.9. The quantitative estimate of drug-likeness (QED) is 0.863. The number of rotatable bonds is 6. The van der Waals surface area contributed by atoms with Gasteiger partial charge in [-0.3, -0.25) is 4.90 Å². The highest BCUT2D eigenvalue weighted by Gasteiger charge is 2.28. The summed E-state index contributed by atoms with van der Waals surface area (Å²) in [5.41, 5.74) is 0. The molecule has 0 radical (unpaired) electrons. The summed E-state index contributed by atoms with van der Waals surface area (Å²) in [7, 11) is 0.393. The zero-order chi connectivity index (χ0) is 15.5. The molecule has 2 heterocycles. The largest absolute Gasteiger partial charge is 0.468 e. The molecule has 1 fully saturated rings. The zero-order valence-corrected chi connectivity index (χ0v) is 13.8. The van der Waals surface area contributed by atoms with Crippen LogP contribution in [0, 0.1) is 5.92 Å². The van der Waals surface area contributed by atoms with Gasteiger partial charge in [-0.1, -0.05) is 6.92 Å². The first-order chi connectivity index (χ1) is 9.90. The highest BCUT2D eigenvalue weighted by atomic mass is 32.2. The number of nitrogens with one attached hydrogen (secondary N) is 1. The van der Waals surface area contributed by atoms with Crippen molar-refractivity contribution in [3.05, 3.63) is 24.2 Å². The number of hydrogen-bond acceptors (Lipinski definition) is 4. The van der Waals surface area contributed by atoms with Gasteiger partial charge in [-0.25, -0.2) is 4.72 Å². The molecule has 1 aliphatic heterocycles. The lowest BCUT2D eigenvalue weighted by Crippen LogP contribution is -2.47. The lowest BCUT2D eigenvalue weighted by molar-refractivity contribution is 0.251. The average molecular weight is 315 g/mol. The third-order valence-corrected chi connectivity index (χ3v) is 5.46. The molecule has 1 aromatic rings. The van der Waals surface area contributed by atoms with Crippen molar-refractivity contribution in [2.45, 2.75) is 25.8 Å². The van der Waals surface area contributed by atoms with Crippen LogP contribution in [0.1, 0.15) is 31.6 Å². The number of furan rings is 1. The van der Waals surface area contributed by atoms with Crippen molar-refractivity contribution < 1.29 is 12.8 Å². The van der Waals surface area contributed by atoms with Gasteiger partial charge in [0.1, 0.15) is 5.76 Å². The van der Waals surface area contributed by atoms with Crippen LogP contribution in [0.2, 0.25) is 0 Å². The molecule has 1 aromatic heterocycles. The molecule has 7 heteroatoms. The van der Waals surface area contributed by atoms with E-state index in [4.69, 9.17) is 4.42 Å². The van der Waals surface area contributed by atoms with Crippen LogP contribution in [-0.4, -0.2) is 51.4 Å². The summed E-state index contributed by atoms with van der Waals surface area (Å²) in [6.07, 6.45) is 3.63. The minimum Gasteiger partial charge on any atom is -0.468 e. The van der Waals surface area contributed by atoms with Crippen LogP contribution < -0.4 is 4.72 Å². The molecule has 0 aliphatic carbocycles. The minimum absolute atomic E-state index is 0.114. The number of likely N-dealkylation sites (N-methyl/N-ethyl adjacent to an activating group) is 1. The molecule has 2 atom stereocenters. The highest BCUT2D eigenvalue weighted by molar-refractivity contribution is 7.87. The Balaban J connectivity index is 1.99. The summed E-state index contributed by atoms with van der Waals surface area (Å²) in [5, 5.41) is 0. The van der Waals surface area contributed by atoms with Gasteiger partial charge < -0.3 is 4.42 Å². The molecule has 0 spiro atoms. The Morgan fingerprint density at radius 3 is 2.86 bits per heavy atom. The number of nitrogens with zero attached hydrogens (tertiary/aromatic N) is 2. The third-order valence-electron chi connectivity index (χ3n) is 3.91. The molecule has 120 valence electrons. The van der Waals surface area contributed by atoms with Crippen molar-refractivity contribution in [1.82, 2.24) is 13.9 Å². The second kappa shape index (κ2) is 6.91. The SMILES string of the molecule is C[C@H]1CCCN(S(=O)(=O)NC[C@@H](c2ccco2)N(C)C)C1. The van der Waals surface area contributed by atoms with Crippen molar-refractivity contribution in [3.63, 3.8) is 0 Å². The Morgan fingerprint density at radius 2 is 2.29 bits per heavy atom. The van der Waals surface area contributed by atoms with Gasteiger partial charge in [-0.05, 0) is 45.0 Å². The van der Waals surface area contributed by atoms with Gasteiger partial charge in [-0.15, -0.1) is 0 Å². The minimum atomic E-state index is -3.42. The van der Waals surface area contributed by atoms with E-state index in [1.807, 2.05) is 31.1 Å². The Morgan fingerprint density at radius 1 is 1.52 bits per heavy atom. The van der Waals surface area contributed by atoms with E-state index in [0.29, 0.717) is 25.6 Å². The van der Waals surface area contributed by atoms with Crippen LogP contribution in [0.5, 0.6) is 0 Å². The van der Waals surface area contributed by atoms with Gasteiger partial charge in [-0.2, -0.15) is 12.7 Å². The maximum absolute atomic E-state index is 12.4. The number of piperidine rings is 1. The maximum Gasteiger partial charge on any atom is 0.279 e. The topological polar surface area (TPSA) is 65.8 Å². The highest BCUT2D eigenvalue weighted by Crippen LogP contribution is 2.20. The van der Waals surface area contributed by atoms with Crippen molar-refractivity contribution >= 4 is 10.2 Å². The van der Waals surface area contributed by atoms with Gasteiger partial charge in [0.25, 0.3) is 10.2 Å². The molecule has 0 unspecified atom stereocenters. The molecule has 6 nitrogen and oxygen atoms in total. The van der Waals surface area contributed by atoms with E-state index >= 15 is 0 Å². The summed E-state index contributed by atoms with van der Waals surface area (Å²) >= 11 is 0. The van der Waals surface area contributed by atoms with E-state index < -0.39 is 10.2 Å². The maximum atomic E-state index is 12.4. The van der Waals surface area contributed by atoms with Crippen LogP contribution in [0.15, 0.2) is 22.8 Å². The lowest BCUT2D eigenvalue weighted by Gasteiger charge is -2.31. The molecule has 0 aromatic carbocycles. The molecule has 1 N–H and O–H groups in total. The van der Waals surface area contributed by atoms with E-state index in [2.05, 4.69) is 11.6 Å². The lowest BCUT2D eigenvalue weighted by atomic mass is 10.0. The summed E-state index contributed by atoms with van der Waals surface area (Å²) in [6.45, 7) is 3.59. The normalized spacial score (nSPS) is 22.6. The van der Waals surface area contributed by atoms with Gasteiger partial charge in [0.2, 0.25) is 0 Å². The monoisotopic (exact) mass is 315 g/mol. The van der Waals surface area contributed by atoms with Crippen molar-refractivity contribution in [2.24, 2.45) is 5.92 Å². The summed E-state index contributed by atoms with van der Waals surface area (Å²) in [5.74, 6) is 1.18. The van der Waals surface area contributed by atoms with Crippen molar-refractivity contribution in [3.8, 4) is 0 Å². The Kier molecular flexibility index (Phi) is 5.43. The molecule has 0 amide bonds. The van der Waals surface area contributed by atoms with Crippen molar-refractivity contribution in [2.75, 3.05) is 33.7 Å². The van der Waals surface area contributed by atoms with Crippen LogP contribution in [-0.2, 0) is 10.2 Å². The van der Waals surface area contributed by atoms with E-state index in [0.717, 1.165) is 18.6 Å². The van der Waals surface area contributed by atoms with Gasteiger partial charge in [0.05, 0.1) is 12.3 Å². The molecule has 1 aliphatic rings. The fourth-order valence-corrected chi connectivity index (χ4v) is 4.03. The van der Waals surface area contributed by atoms with E-state index in [9.17, 15) is 8.42 Å². The van der Waals surface area contributed by atoms with E-state index in [1.54, 1.807) is 10.6 Å². The molecule has 2 rings (SSSR count). The van der Waals surface area contributed by atoms with E-state index in [1.165, 1.54) is 0 Å². The molecular formula is C14H25N3O3S. The average Bonchev–Trinajstić information content (AvgIpc) is 2.92. The van der Waals surface area contributed by atoms with Gasteiger partial charge >= 0.3 is 0 Å². The first-order valence-electron chi connectivity index (χ1n) is 7.34. The second-order valence-electron chi connectivity index (χ2n) is 5.95. The van der Waals surface area contributed by atoms with Gasteiger partial charge in [0, 0.05) is 19.6 Å². The summed E-state index contributed by atoms with van der Waals surface area (Å²) in [4.78, 5) is 1.94. The van der Waals surface area contributed by atoms with Gasteiger partial charge in [0.15, 0.2) is 0 Å². The smallest absolute Gasteiger partial charge is 0.279 e. The predicted molar refractivity (Wildman–Crippen MR) is 82.0 cm³/mol. The summed E-state index contributed by atoms with van der Waals surface area (Å²) in [6, 6.07) is 3.56. The number of hydrogen-bond donors (Lipinski definition) is 1. The Labute approximate surface area is 127 Å². The van der Waals surface area contributed by atoms with Crippen LogP contribution in [0.25, 0.3) is 0 Å². The van der Waals surface area contributed by atoms with Crippen LogP contribution in [0.3, 0.4) is 0 Å². The van der Waals surface area contributed by atoms with E-state index in [-0.39, 0.29) is 6.04 Å². The molecule has 1 saturated heterocycles. The second-order valence-corrected chi connectivity index (χ2v) is 7.71. The first kappa shape index (κ1) is 16.5. The van der Waals surface area contributed by atoms with Crippen LogP contribution in [0.4, 0.5) is 0 Å². The van der Waals surface area contributed by atoms with Crippen molar-refractivity contribution in [1.29, 1.82) is 0 Å². The Bertz CT molecular complexity index is 528. The molecule has 21 heavy (non-hydrogen) atoms.